The van der Waals surface area contributed by atoms with E-state index in [2.05, 4.69) is 90.1 Å². The number of aliphatic carboxylic acids is 2. The predicted molar refractivity (Wildman–Crippen MR) is 403 cm³/mol. The van der Waals surface area contributed by atoms with Crippen LogP contribution in [0.15, 0.2) is 97.1 Å². The van der Waals surface area contributed by atoms with Crippen LogP contribution in [0.2, 0.25) is 0 Å². The van der Waals surface area contributed by atoms with Gasteiger partial charge in [0.1, 0.15) is 49.9 Å². The number of ether oxygens (including phenoxy) is 6. The molecule has 0 radical (unpaired) electrons. The van der Waals surface area contributed by atoms with Crippen molar-refractivity contribution < 1.29 is 58.4 Å². The van der Waals surface area contributed by atoms with Crippen molar-refractivity contribution in [3.63, 3.8) is 0 Å². The number of carbonyl (C=O) groups is 2. The molecular weight excluding hydrogens is 1250 g/mol. The SMILES string of the molecule is CC1CCC(C2CCC(OCC(=O)O)CC2)CC1.CC1CCC(C2CCC(OCO)CC2)CC1.CC1CCC(c2ccc(OCC(=O)O)cc2)CC1.CC1CCC(c2ccc(OCN)cc2)CC1.CC1CCC(c2ccc(OCN)cc2)CC1.CC1CCC(c2ccc(OCO)cc2)CC1. The van der Waals surface area contributed by atoms with E-state index in [9.17, 15) is 9.59 Å². The first-order valence-corrected chi connectivity index (χ1v) is 39.7. The lowest BCUT2D eigenvalue weighted by atomic mass is 9.71. The second-order valence-electron chi connectivity index (χ2n) is 31.8. The third-order valence-corrected chi connectivity index (χ3v) is 24.2. The number of nitrogens with two attached hydrogens (primary N) is 2. The number of carboxylic acid groups (broad SMARTS) is 2. The van der Waals surface area contributed by atoms with E-state index in [1.54, 1.807) is 0 Å². The van der Waals surface area contributed by atoms with E-state index < -0.39 is 11.9 Å². The molecule has 0 unspecified atom stereocenters. The molecule has 8 N–H and O–H groups in total. The summed E-state index contributed by atoms with van der Waals surface area (Å²) in [6.45, 7) is 13.9. The molecule has 0 aliphatic heterocycles. The Morgan fingerprint density at radius 1 is 0.300 bits per heavy atom. The highest BCUT2D eigenvalue weighted by atomic mass is 16.6. The molecule has 100 heavy (non-hydrogen) atoms. The molecule has 0 spiro atoms. The molecule has 8 aliphatic rings. The fourth-order valence-corrected chi connectivity index (χ4v) is 17.4. The molecule has 8 aliphatic carbocycles. The maximum atomic E-state index is 10.5. The Labute approximate surface area is 603 Å². The molecule has 0 saturated heterocycles. The van der Waals surface area contributed by atoms with Crippen LogP contribution in [0.1, 0.15) is 293 Å². The van der Waals surface area contributed by atoms with Crippen LogP contribution in [0.4, 0.5) is 0 Å². The van der Waals surface area contributed by atoms with Gasteiger partial charge < -0.3 is 48.8 Å². The Balaban J connectivity index is 0.000000169. The van der Waals surface area contributed by atoms with E-state index in [0.29, 0.717) is 17.8 Å². The van der Waals surface area contributed by atoms with Crippen LogP contribution in [-0.4, -0.2) is 84.8 Å². The van der Waals surface area contributed by atoms with Crippen molar-refractivity contribution in [1.82, 2.24) is 0 Å². The fourth-order valence-electron chi connectivity index (χ4n) is 17.4. The molecule has 0 heterocycles. The molecular formula is C86H134N2O12. The minimum Gasteiger partial charge on any atom is -0.482 e. The molecule has 4 aromatic carbocycles. The smallest absolute Gasteiger partial charge is 0.341 e. The summed E-state index contributed by atoms with van der Waals surface area (Å²) in [7, 11) is 0. The lowest BCUT2D eigenvalue weighted by Crippen LogP contribution is -2.29. The average Bonchev–Trinajstić information content (AvgIpc) is 0.980. The number of hydrogen-bond acceptors (Lipinski definition) is 12. The van der Waals surface area contributed by atoms with Gasteiger partial charge in [-0.1, -0.05) is 167 Å². The monoisotopic (exact) mass is 1390 g/mol. The molecule has 4 aromatic rings. The van der Waals surface area contributed by atoms with Crippen molar-refractivity contribution in [2.45, 2.75) is 283 Å². The Morgan fingerprint density at radius 3 is 0.770 bits per heavy atom. The van der Waals surface area contributed by atoms with Crippen LogP contribution >= 0.6 is 0 Å². The van der Waals surface area contributed by atoms with E-state index in [-0.39, 0.29) is 46.4 Å². The van der Waals surface area contributed by atoms with Crippen LogP contribution in [-0.2, 0) is 19.1 Å². The van der Waals surface area contributed by atoms with Gasteiger partial charge in [-0.05, 0) is 282 Å². The number of aliphatic hydroxyl groups excluding tert-OH is 2. The molecule has 14 heteroatoms. The van der Waals surface area contributed by atoms with E-state index in [1.165, 1.54) is 202 Å². The minimum absolute atomic E-state index is 0.101. The largest absolute Gasteiger partial charge is 0.482 e. The van der Waals surface area contributed by atoms with E-state index >= 15 is 0 Å². The topological polar surface area (TPSA) is 222 Å². The summed E-state index contributed by atoms with van der Waals surface area (Å²) in [6.07, 6.45) is 42.8. The molecule has 12 rings (SSSR count). The maximum absolute atomic E-state index is 10.5. The average molecular weight is 1390 g/mol. The van der Waals surface area contributed by atoms with Gasteiger partial charge in [-0.3, -0.25) is 11.5 Å². The van der Waals surface area contributed by atoms with Gasteiger partial charge in [0, 0.05) is 0 Å². The van der Waals surface area contributed by atoms with Crippen molar-refractivity contribution >= 4 is 11.9 Å². The molecule has 8 fully saturated rings. The zero-order chi connectivity index (χ0) is 71.4. The fraction of sp³-hybridized carbons (Fsp3) is 0.698. The van der Waals surface area contributed by atoms with Crippen molar-refractivity contribution in [2.75, 3.05) is 40.3 Å². The normalized spacial score (nSPS) is 29.7. The van der Waals surface area contributed by atoms with E-state index in [4.69, 9.17) is 60.3 Å². The summed E-state index contributed by atoms with van der Waals surface area (Å²) in [5, 5.41) is 34.5. The maximum Gasteiger partial charge on any atom is 0.341 e. The summed E-state index contributed by atoms with van der Waals surface area (Å²) in [5.74, 6) is 13.4. The predicted octanol–water partition coefficient (Wildman–Crippen LogP) is 20.1. The third-order valence-electron chi connectivity index (χ3n) is 24.2. The Hall–Kier alpha value is -5.22. The van der Waals surface area contributed by atoms with E-state index in [1.807, 2.05) is 48.5 Å². The van der Waals surface area contributed by atoms with Crippen LogP contribution in [0, 0.1) is 59.2 Å². The summed E-state index contributed by atoms with van der Waals surface area (Å²) < 4.78 is 31.3. The van der Waals surface area contributed by atoms with Gasteiger partial charge in [-0.2, -0.15) is 0 Å². The number of rotatable bonds is 20. The standard InChI is InChI=1S/C15H26O3.C15H20O3.2C14H21NO.C14H26O2.C14H20O2/c2*1-11-2-4-12(5-3-11)13-6-8-14(9-7-13)18-10-15(16)17;4*1-11-2-4-12(5-3-11)13-6-8-14(9-7-13)16-10-15/h11-14H,2-10H2,1H3,(H,16,17);6-9,11-12H,2-5,10H2,1H3,(H,16,17);2*6-9,11-12H,2-5,10,15H2,1H3;11-15H,2-10H2,1H3;6-9,11-12,15H,2-5,10H2,1H3. The molecule has 0 bridgehead atoms. The van der Waals surface area contributed by atoms with Gasteiger partial charge in [-0.15, -0.1) is 0 Å². The Morgan fingerprint density at radius 2 is 0.530 bits per heavy atom. The molecule has 560 valence electrons. The number of hydrogen-bond donors (Lipinski definition) is 6. The lowest BCUT2D eigenvalue weighted by molar-refractivity contribution is -0.145. The van der Waals surface area contributed by atoms with Gasteiger partial charge in [0.2, 0.25) is 0 Å². The van der Waals surface area contributed by atoms with Gasteiger partial charge in [0.05, 0.1) is 12.2 Å². The summed E-state index contributed by atoms with van der Waals surface area (Å²) in [6, 6.07) is 32.9. The quantitative estimate of drug-likeness (QED) is 0.0453. The lowest BCUT2D eigenvalue weighted by Gasteiger charge is -2.37. The first-order valence-electron chi connectivity index (χ1n) is 39.7. The van der Waals surface area contributed by atoms with Crippen LogP contribution in [0.5, 0.6) is 23.0 Å². The van der Waals surface area contributed by atoms with Crippen molar-refractivity contribution in [3.05, 3.63) is 119 Å². The number of carboxylic acids is 2. The second-order valence-corrected chi connectivity index (χ2v) is 31.8. The second kappa shape index (κ2) is 45.8. The van der Waals surface area contributed by atoms with Crippen molar-refractivity contribution in [1.29, 1.82) is 0 Å². The van der Waals surface area contributed by atoms with Crippen molar-refractivity contribution in [3.8, 4) is 23.0 Å². The van der Waals surface area contributed by atoms with Crippen LogP contribution in [0.3, 0.4) is 0 Å². The van der Waals surface area contributed by atoms with Gasteiger partial charge in [0.15, 0.2) is 13.4 Å². The summed E-state index contributed by atoms with van der Waals surface area (Å²) in [5.41, 5.74) is 16.3. The minimum atomic E-state index is -0.944. The summed E-state index contributed by atoms with van der Waals surface area (Å²) in [4.78, 5) is 20.9. The molecule has 0 atom stereocenters. The van der Waals surface area contributed by atoms with Gasteiger partial charge in [-0.25, -0.2) is 9.59 Å². The third kappa shape index (κ3) is 30.2. The van der Waals surface area contributed by atoms with Crippen LogP contribution in [0.25, 0.3) is 0 Å². The van der Waals surface area contributed by atoms with Crippen LogP contribution < -0.4 is 30.4 Å². The van der Waals surface area contributed by atoms with Crippen molar-refractivity contribution in [2.24, 2.45) is 70.6 Å². The Bertz CT molecular complexity index is 2600. The first kappa shape index (κ1) is 82.1. The number of aliphatic hydroxyl groups is 2. The highest BCUT2D eigenvalue weighted by molar-refractivity contribution is 5.68. The zero-order valence-electron chi connectivity index (χ0n) is 62.6. The van der Waals surface area contributed by atoms with Gasteiger partial charge in [0.25, 0.3) is 0 Å². The number of benzene rings is 4. The highest BCUT2D eigenvalue weighted by Crippen LogP contribution is 2.44. The summed E-state index contributed by atoms with van der Waals surface area (Å²) >= 11 is 0. The highest BCUT2D eigenvalue weighted by Gasteiger charge is 2.32. The van der Waals surface area contributed by atoms with Gasteiger partial charge >= 0.3 is 11.9 Å². The first-order chi connectivity index (χ1) is 48.5. The van der Waals surface area contributed by atoms with E-state index in [0.717, 1.165) is 120 Å². The molecule has 0 amide bonds. The zero-order valence-corrected chi connectivity index (χ0v) is 62.6. The molecule has 8 saturated carbocycles. The Kier molecular flexibility index (Phi) is 37.6. The molecule has 0 aromatic heterocycles. The molecule has 14 nitrogen and oxygen atoms in total.